The van der Waals surface area contributed by atoms with Crippen molar-refractivity contribution < 1.29 is 17.9 Å². The zero-order valence-electron chi connectivity index (χ0n) is 14.6. The van der Waals surface area contributed by atoms with Gasteiger partial charge in [0.1, 0.15) is 12.1 Å². The molecule has 0 fully saturated rings. The molecule has 3 rings (SSSR count). The first kappa shape index (κ1) is 19.6. The number of ether oxygens (including phenoxy) is 1. The SMILES string of the molecule is COc1cc(NS(=O)(=O)c2ccc(NC(=O)c3ccc(Cl)cc3)cc2)ncn1. The normalized spacial score (nSPS) is 10.9. The molecule has 0 aliphatic carbocycles. The van der Waals surface area contributed by atoms with Crippen LogP contribution in [0.3, 0.4) is 0 Å². The topological polar surface area (TPSA) is 110 Å². The number of aromatic nitrogens is 2. The van der Waals surface area contributed by atoms with E-state index in [0.717, 1.165) is 0 Å². The predicted molar refractivity (Wildman–Crippen MR) is 105 cm³/mol. The number of hydrogen-bond acceptors (Lipinski definition) is 6. The van der Waals surface area contributed by atoms with Crippen LogP contribution in [0.15, 0.2) is 65.8 Å². The van der Waals surface area contributed by atoms with Crippen molar-refractivity contribution in [3.63, 3.8) is 0 Å². The minimum Gasteiger partial charge on any atom is -0.481 e. The number of nitrogens with one attached hydrogen (secondary N) is 2. The van der Waals surface area contributed by atoms with Crippen LogP contribution < -0.4 is 14.8 Å². The second-order valence-electron chi connectivity index (χ2n) is 5.54. The van der Waals surface area contributed by atoms with Gasteiger partial charge in [-0.3, -0.25) is 9.52 Å². The van der Waals surface area contributed by atoms with Gasteiger partial charge in [-0.15, -0.1) is 0 Å². The van der Waals surface area contributed by atoms with Gasteiger partial charge in [-0.1, -0.05) is 11.6 Å². The zero-order valence-corrected chi connectivity index (χ0v) is 16.2. The minimum absolute atomic E-state index is 0.00886. The molecule has 0 unspecified atom stereocenters. The lowest BCUT2D eigenvalue weighted by Gasteiger charge is -2.09. The van der Waals surface area contributed by atoms with Crippen molar-refractivity contribution in [2.45, 2.75) is 4.90 Å². The van der Waals surface area contributed by atoms with E-state index >= 15 is 0 Å². The molecule has 1 amide bonds. The van der Waals surface area contributed by atoms with E-state index in [2.05, 4.69) is 20.0 Å². The third-order valence-electron chi connectivity index (χ3n) is 3.62. The van der Waals surface area contributed by atoms with Gasteiger partial charge in [-0.2, -0.15) is 0 Å². The Hall–Kier alpha value is -3.17. The van der Waals surface area contributed by atoms with E-state index in [1.165, 1.54) is 43.8 Å². The molecule has 0 spiro atoms. The number of sulfonamides is 1. The lowest BCUT2D eigenvalue weighted by Crippen LogP contribution is -2.15. The van der Waals surface area contributed by atoms with Crippen LogP contribution in [-0.2, 0) is 10.0 Å². The van der Waals surface area contributed by atoms with Crippen molar-refractivity contribution in [2.24, 2.45) is 0 Å². The number of carbonyl (C=O) groups is 1. The van der Waals surface area contributed by atoms with Gasteiger partial charge in [-0.25, -0.2) is 18.4 Å². The van der Waals surface area contributed by atoms with Gasteiger partial charge in [0.15, 0.2) is 0 Å². The van der Waals surface area contributed by atoms with E-state index in [9.17, 15) is 13.2 Å². The second kappa shape index (κ2) is 8.24. The Bertz CT molecular complexity index is 1090. The van der Waals surface area contributed by atoms with Gasteiger partial charge in [0.25, 0.3) is 15.9 Å². The molecule has 0 saturated carbocycles. The summed E-state index contributed by atoms with van der Waals surface area (Å²) < 4.78 is 32.2. The molecule has 0 aliphatic rings. The van der Waals surface area contributed by atoms with Crippen LogP contribution in [0.1, 0.15) is 10.4 Å². The highest BCUT2D eigenvalue weighted by Gasteiger charge is 2.16. The Kier molecular flexibility index (Phi) is 5.76. The summed E-state index contributed by atoms with van der Waals surface area (Å²) >= 11 is 5.80. The highest BCUT2D eigenvalue weighted by Crippen LogP contribution is 2.19. The lowest BCUT2D eigenvalue weighted by molar-refractivity contribution is 0.102. The molecule has 0 bridgehead atoms. The van der Waals surface area contributed by atoms with E-state index < -0.39 is 10.0 Å². The number of carbonyl (C=O) groups excluding carboxylic acids is 1. The molecule has 0 atom stereocenters. The Labute approximate surface area is 166 Å². The average molecular weight is 419 g/mol. The molecular weight excluding hydrogens is 404 g/mol. The molecule has 1 heterocycles. The maximum atomic E-state index is 12.5. The average Bonchev–Trinajstić information content (AvgIpc) is 2.68. The number of halogens is 1. The van der Waals surface area contributed by atoms with Crippen molar-refractivity contribution in [3.05, 3.63) is 71.5 Å². The van der Waals surface area contributed by atoms with Gasteiger partial charge in [0, 0.05) is 22.3 Å². The van der Waals surface area contributed by atoms with E-state index in [4.69, 9.17) is 16.3 Å². The molecule has 2 N–H and O–H groups in total. The highest BCUT2D eigenvalue weighted by atomic mass is 35.5. The van der Waals surface area contributed by atoms with Crippen molar-refractivity contribution in [1.29, 1.82) is 0 Å². The minimum atomic E-state index is -3.86. The van der Waals surface area contributed by atoms with E-state index in [1.807, 2.05) is 0 Å². The first-order valence-corrected chi connectivity index (χ1v) is 9.79. The number of rotatable bonds is 6. The highest BCUT2D eigenvalue weighted by molar-refractivity contribution is 7.92. The van der Waals surface area contributed by atoms with Gasteiger partial charge in [-0.05, 0) is 48.5 Å². The molecule has 8 nitrogen and oxygen atoms in total. The molecule has 2 aromatic carbocycles. The zero-order chi connectivity index (χ0) is 20.1. The number of nitrogens with zero attached hydrogens (tertiary/aromatic N) is 2. The molecule has 3 aromatic rings. The number of anilines is 2. The van der Waals surface area contributed by atoms with Gasteiger partial charge in [0.05, 0.1) is 12.0 Å². The van der Waals surface area contributed by atoms with Crippen LogP contribution in [-0.4, -0.2) is 31.4 Å². The molecular formula is C18H15ClN4O4S. The van der Waals surface area contributed by atoms with Crippen LogP contribution >= 0.6 is 11.6 Å². The second-order valence-corrected chi connectivity index (χ2v) is 7.66. The van der Waals surface area contributed by atoms with E-state index in [0.29, 0.717) is 16.3 Å². The van der Waals surface area contributed by atoms with Crippen molar-refractivity contribution in [3.8, 4) is 5.88 Å². The fraction of sp³-hybridized carbons (Fsp3) is 0.0556. The summed E-state index contributed by atoms with van der Waals surface area (Å²) in [6.07, 6.45) is 1.19. The fourth-order valence-electron chi connectivity index (χ4n) is 2.23. The number of amides is 1. The predicted octanol–water partition coefficient (Wildman–Crippen LogP) is 3.19. The van der Waals surface area contributed by atoms with Gasteiger partial charge >= 0.3 is 0 Å². The Morgan fingerprint density at radius 1 is 1.04 bits per heavy atom. The first-order chi connectivity index (χ1) is 13.4. The smallest absolute Gasteiger partial charge is 0.263 e. The number of benzene rings is 2. The summed E-state index contributed by atoms with van der Waals surface area (Å²) in [6, 6.07) is 13.5. The Morgan fingerprint density at radius 3 is 2.36 bits per heavy atom. The summed E-state index contributed by atoms with van der Waals surface area (Å²) in [6.45, 7) is 0. The van der Waals surface area contributed by atoms with Crippen molar-refractivity contribution in [1.82, 2.24) is 9.97 Å². The standard InChI is InChI=1S/C18H15ClN4O4S/c1-27-17-10-16(20-11-21-17)23-28(25,26)15-8-6-14(7-9-15)22-18(24)12-2-4-13(19)5-3-12/h2-11H,1H3,(H,22,24)(H,20,21,23). The summed E-state index contributed by atoms with van der Waals surface area (Å²) in [5, 5.41) is 3.21. The molecule has 28 heavy (non-hydrogen) atoms. The molecule has 0 aliphatic heterocycles. The van der Waals surface area contributed by atoms with Crippen molar-refractivity contribution in [2.75, 3.05) is 17.1 Å². The molecule has 144 valence electrons. The monoisotopic (exact) mass is 418 g/mol. The fourth-order valence-corrected chi connectivity index (χ4v) is 3.35. The van der Waals surface area contributed by atoms with Crippen LogP contribution in [0.5, 0.6) is 5.88 Å². The number of methoxy groups -OCH3 is 1. The van der Waals surface area contributed by atoms with Crippen LogP contribution in [0, 0.1) is 0 Å². The third kappa shape index (κ3) is 4.76. The first-order valence-electron chi connectivity index (χ1n) is 7.93. The van der Waals surface area contributed by atoms with Gasteiger partial charge < -0.3 is 10.1 Å². The third-order valence-corrected chi connectivity index (χ3v) is 5.24. The summed E-state index contributed by atoms with van der Waals surface area (Å²) in [5.41, 5.74) is 0.878. The molecule has 0 saturated heterocycles. The summed E-state index contributed by atoms with van der Waals surface area (Å²) in [5.74, 6) is -0.0293. The van der Waals surface area contributed by atoms with Crippen LogP contribution in [0.2, 0.25) is 5.02 Å². The Morgan fingerprint density at radius 2 is 1.71 bits per heavy atom. The summed E-state index contributed by atoms with van der Waals surface area (Å²) in [7, 11) is -2.45. The Balaban J connectivity index is 1.72. The quantitative estimate of drug-likeness (QED) is 0.636. The maximum Gasteiger partial charge on any atom is 0.263 e. The van der Waals surface area contributed by atoms with Crippen molar-refractivity contribution >= 4 is 39.0 Å². The van der Waals surface area contributed by atoms with Crippen LogP contribution in [0.4, 0.5) is 11.5 Å². The molecule has 10 heteroatoms. The van der Waals surface area contributed by atoms with E-state index in [1.54, 1.807) is 24.3 Å². The van der Waals surface area contributed by atoms with Crippen LogP contribution in [0.25, 0.3) is 0 Å². The number of hydrogen-bond donors (Lipinski definition) is 2. The van der Waals surface area contributed by atoms with E-state index in [-0.39, 0.29) is 22.5 Å². The van der Waals surface area contributed by atoms with Gasteiger partial charge in [0.2, 0.25) is 5.88 Å². The lowest BCUT2D eigenvalue weighted by atomic mass is 10.2. The summed E-state index contributed by atoms with van der Waals surface area (Å²) in [4.78, 5) is 19.9. The maximum absolute atomic E-state index is 12.5. The molecule has 0 radical (unpaired) electrons. The largest absolute Gasteiger partial charge is 0.481 e. The molecule has 1 aromatic heterocycles.